The average molecular weight is 464 g/mol. The molecular formula is C22H26ClN3O4S. The number of ether oxygens (including phenoxy) is 2. The zero-order valence-corrected chi connectivity index (χ0v) is 19.5. The van der Waals surface area contributed by atoms with Crippen molar-refractivity contribution in [3.05, 3.63) is 53.2 Å². The van der Waals surface area contributed by atoms with Gasteiger partial charge in [0.25, 0.3) is 0 Å². The smallest absolute Gasteiger partial charge is 0.243 e. The van der Waals surface area contributed by atoms with Crippen LogP contribution in [0.5, 0.6) is 11.5 Å². The molecule has 7 nitrogen and oxygen atoms in total. The number of fused-ring (bicyclic) bond motifs is 1. The molecule has 166 valence electrons. The van der Waals surface area contributed by atoms with Gasteiger partial charge in [-0.3, -0.25) is 0 Å². The van der Waals surface area contributed by atoms with Crippen molar-refractivity contribution in [2.75, 3.05) is 32.6 Å². The lowest BCUT2D eigenvalue weighted by Gasteiger charge is -2.20. The van der Waals surface area contributed by atoms with Crippen LogP contribution >= 0.6 is 11.6 Å². The fraction of sp³-hybridized carbons (Fsp3) is 0.318. The quantitative estimate of drug-likeness (QED) is 0.469. The van der Waals surface area contributed by atoms with Gasteiger partial charge in [0.05, 0.1) is 30.3 Å². The van der Waals surface area contributed by atoms with Gasteiger partial charge in [0.2, 0.25) is 10.0 Å². The fourth-order valence-electron chi connectivity index (χ4n) is 3.31. The average Bonchev–Trinajstić information content (AvgIpc) is 2.77. The maximum Gasteiger partial charge on any atom is 0.243 e. The summed E-state index contributed by atoms with van der Waals surface area (Å²) >= 11 is 6.40. The molecule has 0 aliphatic rings. The van der Waals surface area contributed by atoms with Gasteiger partial charge < -0.3 is 14.8 Å². The third-order valence-electron chi connectivity index (χ3n) is 5.03. The molecule has 0 aliphatic carbocycles. The van der Waals surface area contributed by atoms with E-state index >= 15 is 0 Å². The normalized spacial score (nSPS) is 11.7. The largest absolute Gasteiger partial charge is 0.497 e. The molecule has 31 heavy (non-hydrogen) atoms. The van der Waals surface area contributed by atoms with Crippen molar-refractivity contribution in [1.82, 2.24) is 9.29 Å². The molecule has 0 saturated carbocycles. The number of halogens is 1. The highest BCUT2D eigenvalue weighted by atomic mass is 35.5. The van der Waals surface area contributed by atoms with E-state index in [4.69, 9.17) is 21.1 Å². The summed E-state index contributed by atoms with van der Waals surface area (Å²) in [4.78, 5) is 4.66. The summed E-state index contributed by atoms with van der Waals surface area (Å²) in [5.74, 6) is 1.24. The van der Waals surface area contributed by atoms with E-state index in [1.54, 1.807) is 25.3 Å². The van der Waals surface area contributed by atoms with E-state index in [2.05, 4.69) is 10.3 Å². The highest BCUT2D eigenvalue weighted by Crippen LogP contribution is 2.30. The van der Waals surface area contributed by atoms with Gasteiger partial charge in [0.1, 0.15) is 16.7 Å². The van der Waals surface area contributed by atoms with Crippen molar-refractivity contribution in [2.24, 2.45) is 0 Å². The Labute approximate surface area is 188 Å². The molecule has 0 aliphatic heterocycles. The van der Waals surface area contributed by atoms with Gasteiger partial charge in [-0.05, 0) is 36.4 Å². The molecule has 1 aromatic heterocycles. The number of anilines is 1. The van der Waals surface area contributed by atoms with Crippen molar-refractivity contribution in [2.45, 2.75) is 25.3 Å². The number of benzene rings is 2. The van der Waals surface area contributed by atoms with E-state index in [1.807, 2.05) is 38.1 Å². The fourth-order valence-corrected chi connectivity index (χ4v) is 5.00. The highest BCUT2D eigenvalue weighted by Gasteiger charge is 2.23. The van der Waals surface area contributed by atoms with E-state index in [0.717, 1.165) is 16.5 Å². The van der Waals surface area contributed by atoms with Crippen molar-refractivity contribution in [3.63, 3.8) is 0 Å². The Bertz CT molecular complexity index is 1180. The first-order valence-electron chi connectivity index (χ1n) is 9.89. The third kappa shape index (κ3) is 4.87. The van der Waals surface area contributed by atoms with Crippen LogP contribution in [0.1, 0.15) is 19.4 Å². The Morgan fingerprint density at radius 2 is 1.77 bits per heavy atom. The molecular weight excluding hydrogens is 438 g/mol. The van der Waals surface area contributed by atoms with E-state index < -0.39 is 10.0 Å². The number of hydrogen-bond acceptors (Lipinski definition) is 6. The van der Waals surface area contributed by atoms with Crippen LogP contribution < -0.4 is 14.8 Å². The molecule has 0 amide bonds. The summed E-state index contributed by atoms with van der Waals surface area (Å²) in [5.41, 5.74) is 2.07. The summed E-state index contributed by atoms with van der Waals surface area (Å²) in [6, 6.07) is 12.3. The van der Waals surface area contributed by atoms with Gasteiger partial charge in [-0.1, -0.05) is 25.4 Å². The van der Waals surface area contributed by atoms with Gasteiger partial charge in [-0.25, -0.2) is 13.4 Å². The zero-order chi connectivity index (χ0) is 22.6. The van der Waals surface area contributed by atoms with E-state index in [1.165, 1.54) is 11.4 Å². The number of aromatic nitrogens is 1. The molecule has 0 radical (unpaired) electrons. The summed E-state index contributed by atoms with van der Waals surface area (Å²) in [7, 11) is -0.449. The predicted molar refractivity (Wildman–Crippen MR) is 124 cm³/mol. The van der Waals surface area contributed by atoms with Crippen LogP contribution in [0.25, 0.3) is 10.9 Å². The predicted octanol–water partition coefficient (Wildman–Crippen LogP) is 4.55. The Morgan fingerprint density at radius 3 is 2.42 bits per heavy atom. The summed E-state index contributed by atoms with van der Waals surface area (Å²) in [6.45, 7) is 4.77. The van der Waals surface area contributed by atoms with Crippen LogP contribution in [0.3, 0.4) is 0 Å². The second-order valence-corrected chi connectivity index (χ2v) is 9.10. The molecule has 9 heteroatoms. The molecule has 0 fully saturated rings. The zero-order valence-electron chi connectivity index (χ0n) is 18.0. The van der Waals surface area contributed by atoms with E-state index in [-0.39, 0.29) is 4.90 Å². The van der Waals surface area contributed by atoms with Crippen molar-refractivity contribution in [1.29, 1.82) is 0 Å². The molecule has 0 unspecified atom stereocenters. The minimum Gasteiger partial charge on any atom is -0.497 e. The van der Waals surface area contributed by atoms with Crippen LogP contribution in [-0.4, -0.2) is 45.0 Å². The molecule has 0 saturated heterocycles. The second-order valence-electron chi connectivity index (χ2n) is 6.80. The molecule has 2 aromatic carbocycles. The maximum absolute atomic E-state index is 12.9. The molecule has 0 bridgehead atoms. The lowest BCUT2D eigenvalue weighted by atomic mass is 10.1. The maximum atomic E-state index is 12.9. The molecule has 3 aromatic rings. The number of nitrogens with zero attached hydrogens (tertiary/aromatic N) is 2. The molecule has 1 N–H and O–H groups in total. The number of pyridine rings is 1. The molecule has 3 rings (SSSR count). The summed E-state index contributed by atoms with van der Waals surface area (Å²) < 4.78 is 37.8. The number of rotatable bonds is 9. The van der Waals surface area contributed by atoms with E-state index in [0.29, 0.717) is 42.0 Å². The van der Waals surface area contributed by atoms with E-state index in [9.17, 15) is 8.42 Å². The minimum atomic E-state index is -3.59. The number of sulfonamides is 1. The van der Waals surface area contributed by atoms with Gasteiger partial charge in [-0.2, -0.15) is 4.31 Å². The van der Waals surface area contributed by atoms with Crippen molar-refractivity contribution in [3.8, 4) is 11.5 Å². The second kappa shape index (κ2) is 9.72. The van der Waals surface area contributed by atoms with Crippen LogP contribution in [0.4, 0.5) is 5.69 Å². The Morgan fingerprint density at radius 1 is 1.03 bits per heavy atom. The van der Waals surface area contributed by atoms with Gasteiger partial charge in [0, 0.05) is 36.7 Å². The first kappa shape index (κ1) is 23.1. The standard InChI is InChI=1S/C22H26ClN3O4S/c1-5-26(6-2)31(27,28)18-9-10-21(30-4)20(13-18)24-14-16-11-15-7-8-17(29-3)12-19(15)25-22(16)23/h7-13,24H,5-6,14H2,1-4H3. The van der Waals surface area contributed by atoms with Crippen LogP contribution in [0.2, 0.25) is 5.15 Å². The number of methoxy groups -OCH3 is 2. The summed E-state index contributed by atoms with van der Waals surface area (Å²) in [5, 5.41) is 4.52. The lowest BCUT2D eigenvalue weighted by molar-refractivity contribution is 0.415. The minimum absolute atomic E-state index is 0.203. The first-order chi connectivity index (χ1) is 14.8. The van der Waals surface area contributed by atoms with Crippen molar-refractivity contribution < 1.29 is 17.9 Å². The lowest BCUT2D eigenvalue weighted by Crippen LogP contribution is -2.30. The number of hydrogen-bond donors (Lipinski definition) is 1. The number of nitrogens with one attached hydrogen (secondary N) is 1. The van der Waals surface area contributed by atoms with Crippen LogP contribution in [-0.2, 0) is 16.6 Å². The van der Waals surface area contributed by atoms with Gasteiger partial charge in [0.15, 0.2) is 0 Å². The molecule has 0 spiro atoms. The topological polar surface area (TPSA) is 80.8 Å². The Hall–Kier alpha value is -2.55. The van der Waals surface area contributed by atoms with Gasteiger partial charge >= 0.3 is 0 Å². The SMILES string of the molecule is CCN(CC)S(=O)(=O)c1ccc(OC)c(NCc2cc3ccc(OC)cc3nc2Cl)c1. The molecule has 0 atom stereocenters. The summed E-state index contributed by atoms with van der Waals surface area (Å²) in [6.07, 6.45) is 0. The third-order valence-corrected chi connectivity index (χ3v) is 7.41. The monoisotopic (exact) mass is 463 g/mol. The Kier molecular flexibility index (Phi) is 7.25. The highest BCUT2D eigenvalue weighted by molar-refractivity contribution is 7.89. The molecule has 1 heterocycles. The van der Waals surface area contributed by atoms with Gasteiger partial charge in [-0.15, -0.1) is 0 Å². The van der Waals surface area contributed by atoms with Crippen LogP contribution in [0.15, 0.2) is 47.4 Å². The Balaban J connectivity index is 1.91. The van der Waals surface area contributed by atoms with Crippen LogP contribution in [0, 0.1) is 0 Å². The first-order valence-corrected chi connectivity index (χ1v) is 11.7. The van der Waals surface area contributed by atoms with Crippen molar-refractivity contribution >= 4 is 38.2 Å².